The van der Waals surface area contributed by atoms with Crippen LogP contribution in [-0.2, 0) is 11.2 Å². The maximum Gasteiger partial charge on any atom is 0.223 e. The van der Waals surface area contributed by atoms with E-state index in [0.717, 1.165) is 31.9 Å². The van der Waals surface area contributed by atoms with Crippen LogP contribution in [0.15, 0.2) is 30.4 Å². The summed E-state index contributed by atoms with van der Waals surface area (Å²) in [6.45, 7) is 3.04. The zero-order chi connectivity index (χ0) is 18.1. The van der Waals surface area contributed by atoms with Gasteiger partial charge in [-0.1, -0.05) is 44.8 Å². The Bertz CT molecular complexity index is 565. The largest absolute Gasteiger partial charge is 0.336 e. The molecule has 0 N–H and O–H groups in total. The first-order chi connectivity index (χ1) is 12.1. The van der Waals surface area contributed by atoms with Gasteiger partial charge in [0.2, 0.25) is 5.91 Å². The fourth-order valence-corrected chi connectivity index (χ4v) is 3.39. The van der Waals surface area contributed by atoms with Gasteiger partial charge < -0.3 is 4.90 Å². The van der Waals surface area contributed by atoms with E-state index in [1.807, 2.05) is 11.0 Å². The molecule has 1 aromatic rings. The van der Waals surface area contributed by atoms with Crippen LogP contribution in [0.5, 0.6) is 0 Å². The van der Waals surface area contributed by atoms with Crippen LogP contribution in [0.2, 0.25) is 0 Å². The highest BCUT2D eigenvalue weighted by molar-refractivity contribution is 5.79. The van der Waals surface area contributed by atoms with Crippen molar-refractivity contribution in [2.75, 3.05) is 6.54 Å². The van der Waals surface area contributed by atoms with E-state index in [9.17, 15) is 13.6 Å². The molecule has 2 nitrogen and oxygen atoms in total. The molecule has 1 unspecified atom stereocenters. The maximum absolute atomic E-state index is 13.2. The van der Waals surface area contributed by atoms with Gasteiger partial charge in [0.15, 0.2) is 0 Å². The molecule has 1 saturated heterocycles. The lowest BCUT2D eigenvalue weighted by molar-refractivity contribution is -0.128. The van der Waals surface area contributed by atoms with Crippen LogP contribution in [0, 0.1) is 11.6 Å². The minimum atomic E-state index is -0.533. The highest BCUT2D eigenvalue weighted by Crippen LogP contribution is 2.21. The van der Waals surface area contributed by atoms with Crippen LogP contribution in [0.1, 0.15) is 63.9 Å². The van der Waals surface area contributed by atoms with Crippen LogP contribution < -0.4 is 0 Å². The van der Waals surface area contributed by atoms with E-state index in [-0.39, 0.29) is 11.9 Å². The number of carbonyl (C=O) groups excluding carboxylic acids is 1. The molecular weight excluding hydrogens is 320 g/mol. The molecule has 1 amide bonds. The second kappa shape index (κ2) is 10.3. The van der Waals surface area contributed by atoms with Crippen molar-refractivity contribution in [3.8, 4) is 0 Å². The Morgan fingerprint density at radius 1 is 1.12 bits per heavy atom. The number of amides is 1. The average Bonchev–Trinajstić information content (AvgIpc) is 2.91. The van der Waals surface area contributed by atoms with Gasteiger partial charge in [0, 0.05) is 19.0 Å². The van der Waals surface area contributed by atoms with E-state index in [2.05, 4.69) is 13.0 Å². The van der Waals surface area contributed by atoms with Gasteiger partial charge in [-0.15, -0.1) is 0 Å². The van der Waals surface area contributed by atoms with E-state index < -0.39 is 11.6 Å². The molecule has 1 heterocycles. The number of rotatable bonds is 10. The summed E-state index contributed by atoms with van der Waals surface area (Å²) in [6, 6.07) is 3.82. The smallest absolute Gasteiger partial charge is 0.223 e. The van der Waals surface area contributed by atoms with Crippen LogP contribution in [0.4, 0.5) is 8.78 Å². The van der Waals surface area contributed by atoms with Gasteiger partial charge in [-0.05, 0) is 43.4 Å². The van der Waals surface area contributed by atoms with E-state index in [0.29, 0.717) is 18.4 Å². The molecule has 0 bridgehead atoms. The van der Waals surface area contributed by atoms with Crippen molar-refractivity contribution in [1.82, 2.24) is 4.90 Å². The molecule has 0 radical (unpaired) electrons. The second-order valence-electron chi connectivity index (χ2n) is 6.85. The van der Waals surface area contributed by atoms with Crippen molar-refractivity contribution in [2.45, 2.75) is 70.8 Å². The summed E-state index contributed by atoms with van der Waals surface area (Å²) in [5, 5.41) is 0. The molecule has 1 aliphatic rings. The van der Waals surface area contributed by atoms with Gasteiger partial charge in [0.05, 0.1) is 6.04 Å². The normalized spacial score (nSPS) is 17.8. The van der Waals surface area contributed by atoms with E-state index in [4.69, 9.17) is 0 Å². The molecule has 1 aromatic carbocycles. The van der Waals surface area contributed by atoms with Gasteiger partial charge in [-0.2, -0.15) is 0 Å². The number of unbranched alkanes of at least 4 members (excludes halogenated alkanes) is 4. The highest BCUT2D eigenvalue weighted by atomic mass is 19.1. The predicted octanol–water partition coefficient (Wildman–Crippen LogP) is 5.42. The van der Waals surface area contributed by atoms with E-state index in [1.165, 1.54) is 37.8 Å². The third kappa shape index (κ3) is 6.60. The maximum atomic E-state index is 13.2. The number of allylic oxidation sites excluding steroid dienone is 1. The molecular formula is C21H29F2NO. The molecule has 2 rings (SSSR count). The number of likely N-dealkylation sites (tertiary alicyclic amines) is 1. The summed E-state index contributed by atoms with van der Waals surface area (Å²) in [5.41, 5.74) is 0.664. The number of nitrogens with zero attached hydrogens (tertiary/aromatic N) is 1. The Kier molecular flexibility index (Phi) is 8.10. The Morgan fingerprint density at radius 3 is 2.56 bits per heavy atom. The number of aryl methyl sites for hydroxylation is 1. The average molecular weight is 349 g/mol. The molecule has 1 atom stereocenters. The van der Waals surface area contributed by atoms with Crippen LogP contribution in [-0.4, -0.2) is 23.4 Å². The Balaban J connectivity index is 1.77. The predicted molar refractivity (Wildman–Crippen MR) is 97.3 cm³/mol. The van der Waals surface area contributed by atoms with Crippen molar-refractivity contribution >= 4 is 5.91 Å². The Morgan fingerprint density at radius 2 is 1.84 bits per heavy atom. The fourth-order valence-electron chi connectivity index (χ4n) is 3.39. The second-order valence-corrected chi connectivity index (χ2v) is 6.85. The van der Waals surface area contributed by atoms with Crippen molar-refractivity contribution in [3.63, 3.8) is 0 Å². The lowest BCUT2D eigenvalue weighted by Crippen LogP contribution is -2.32. The van der Waals surface area contributed by atoms with Crippen LogP contribution in [0.3, 0.4) is 0 Å². The summed E-state index contributed by atoms with van der Waals surface area (Å²) in [5.74, 6) is -0.818. The molecule has 1 fully saturated rings. The summed E-state index contributed by atoms with van der Waals surface area (Å²) in [4.78, 5) is 14.0. The molecule has 0 saturated carbocycles. The van der Waals surface area contributed by atoms with Gasteiger partial charge in [0.25, 0.3) is 0 Å². The van der Waals surface area contributed by atoms with Gasteiger partial charge in [-0.25, -0.2) is 8.78 Å². The molecule has 0 aromatic heterocycles. The molecule has 4 heteroatoms. The molecule has 138 valence electrons. The summed E-state index contributed by atoms with van der Waals surface area (Å²) in [6.07, 6.45) is 12.9. The van der Waals surface area contributed by atoms with Crippen molar-refractivity contribution < 1.29 is 13.6 Å². The minimum Gasteiger partial charge on any atom is -0.336 e. The zero-order valence-corrected chi connectivity index (χ0v) is 15.1. The van der Waals surface area contributed by atoms with Gasteiger partial charge >= 0.3 is 0 Å². The Hall–Kier alpha value is -1.71. The summed E-state index contributed by atoms with van der Waals surface area (Å²) >= 11 is 0. The number of hydrogen-bond acceptors (Lipinski definition) is 1. The summed E-state index contributed by atoms with van der Waals surface area (Å²) < 4.78 is 26.3. The monoisotopic (exact) mass is 349 g/mol. The lowest BCUT2D eigenvalue weighted by atomic mass is 10.1. The van der Waals surface area contributed by atoms with Crippen molar-refractivity contribution in [1.29, 1.82) is 0 Å². The SMILES string of the molecule is CCCCCCCN1C(=O)CCC1/C=C/CCc1cc(F)cc(F)c1. The topological polar surface area (TPSA) is 20.3 Å². The first kappa shape index (κ1) is 19.6. The fraction of sp³-hybridized carbons (Fsp3) is 0.571. The first-order valence-electron chi connectivity index (χ1n) is 9.51. The van der Waals surface area contributed by atoms with Crippen molar-refractivity contribution in [3.05, 3.63) is 47.5 Å². The Labute approximate surface area is 149 Å². The lowest BCUT2D eigenvalue weighted by Gasteiger charge is -2.22. The standard InChI is InChI=1S/C21H29F2NO/c1-2-3-4-5-8-13-24-20(11-12-21(24)25)10-7-6-9-17-14-18(22)16-19(23)15-17/h7,10,14-16,20H,2-6,8-9,11-13H2,1H3/b10-7+. The molecule has 0 aliphatic carbocycles. The van der Waals surface area contributed by atoms with Crippen LogP contribution in [0.25, 0.3) is 0 Å². The molecule has 0 spiro atoms. The minimum absolute atomic E-state index is 0.183. The third-order valence-corrected chi connectivity index (χ3v) is 4.76. The van der Waals surface area contributed by atoms with Crippen LogP contribution >= 0.6 is 0 Å². The van der Waals surface area contributed by atoms with E-state index >= 15 is 0 Å². The number of halogens is 2. The number of carbonyl (C=O) groups is 1. The zero-order valence-electron chi connectivity index (χ0n) is 15.1. The van der Waals surface area contributed by atoms with Crippen molar-refractivity contribution in [2.24, 2.45) is 0 Å². The quantitative estimate of drug-likeness (QED) is 0.408. The number of benzene rings is 1. The molecule has 1 aliphatic heterocycles. The third-order valence-electron chi connectivity index (χ3n) is 4.76. The summed E-state index contributed by atoms with van der Waals surface area (Å²) in [7, 11) is 0. The van der Waals surface area contributed by atoms with Gasteiger partial charge in [0.1, 0.15) is 11.6 Å². The molecule has 25 heavy (non-hydrogen) atoms. The first-order valence-corrected chi connectivity index (χ1v) is 9.51. The number of hydrogen-bond donors (Lipinski definition) is 0. The van der Waals surface area contributed by atoms with E-state index in [1.54, 1.807) is 0 Å². The highest BCUT2D eigenvalue weighted by Gasteiger charge is 2.28. The van der Waals surface area contributed by atoms with Gasteiger partial charge in [-0.3, -0.25) is 4.79 Å².